The van der Waals surface area contributed by atoms with Gasteiger partial charge in [0.2, 0.25) is 5.91 Å². The lowest BCUT2D eigenvalue weighted by atomic mass is 10.1. The smallest absolute Gasteiger partial charge is 0.229 e. The Morgan fingerprint density at radius 3 is 2.44 bits per heavy atom. The average molecular weight is 363 g/mol. The monoisotopic (exact) mass is 363 g/mol. The minimum absolute atomic E-state index is 0.130. The van der Waals surface area contributed by atoms with Gasteiger partial charge >= 0.3 is 0 Å². The van der Waals surface area contributed by atoms with Crippen molar-refractivity contribution in [1.29, 1.82) is 0 Å². The van der Waals surface area contributed by atoms with Crippen LogP contribution in [0.25, 0.3) is 11.3 Å². The predicted molar refractivity (Wildman–Crippen MR) is 105 cm³/mol. The highest BCUT2D eigenvalue weighted by molar-refractivity contribution is 5.91. The molecule has 0 saturated heterocycles. The van der Waals surface area contributed by atoms with Crippen LogP contribution in [0.3, 0.4) is 0 Å². The van der Waals surface area contributed by atoms with Gasteiger partial charge in [0.15, 0.2) is 5.82 Å². The maximum atomic E-state index is 13.2. The number of nitrogens with zero attached hydrogens (tertiary/aromatic N) is 2. The van der Waals surface area contributed by atoms with Gasteiger partial charge in [-0.2, -0.15) is 0 Å². The first-order chi connectivity index (χ1) is 13.0. The van der Waals surface area contributed by atoms with E-state index in [1.54, 1.807) is 18.3 Å². The molecule has 138 valence electrons. The molecule has 4 nitrogen and oxygen atoms in total. The van der Waals surface area contributed by atoms with E-state index >= 15 is 0 Å². The van der Waals surface area contributed by atoms with E-state index in [1.807, 2.05) is 30.3 Å². The Bertz CT molecular complexity index is 909. The van der Waals surface area contributed by atoms with Crippen molar-refractivity contribution in [2.45, 2.75) is 26.7 Å². The molecule has 1 amide bonds. The summed E-state index contributed by atoms with van der Waals surface area (Å²) in [5.41, 5.74) is 3.12. The molecule has 1 heterocycles. The number of carbonyl (C=O) groups is 1. The Labute approximate surface area is 158 Å². The molecule has 3 aromatic rings. The van der Waals surface area contributed by atoms with Crippen molar-refractivity contribution in [3.63, 3.8) is 0 Å². The summed E-state index contributed by atoms with van der Waals surface area (Å²) in [6, 6.07) is 15.7. The van der Waals surface area contributed by atoms with Crippen LogP contribution in [0.1, 0.15) is 25.1 Å². The number of carbonyl (C=O) groups excluding carboxylic acids is 1. The van der Waals surface area contributed by atoms with E-state index in [0.29, 0.717) is 23.9 Å². The van der Waals surface area contributed by atoms with Crippen molar-refractivity contribution in [3.05, 3.63) is 77.9 Å². The SMILES string of the molecule is CC(C)Cc1nc(-c2ccc(F)cc2)cnc1NC(=O)Cc1ccccc1. The third kappa shape index (κ3) is 5.20. The van der Waals surface area contributed by atoms with Crippen LogP contribution in [0.2, 0.25) is 0 Å². The first kappa shape index (κ1) is 18.7. The summed E-state index contributed by atoms with van der Waals surface area (Å²) in [6.07, 6.45) is 2.57. The van der Waals surface area contributed by atoms with Gasteiger partial charge in [0, 0.05) is 5.56 Å². The molecule has 1 aromatic heterocycles. The first-order valence-electron chi connectivity index (χ1n) is 8.97. The highest BCUT2D eigenvalue weighted by atomic mass is 19.1. The maximum absolute atomic E-state index is 13.2. The Morgan fingerprint density at radius 2 is 1.78 bits per heavy atom. The number of benzene rings is 2. The maximum Gasteiger partial charge on any atom is 0.229 e. The van der Waals surface area contributed by atoms with Crippen LogP contribution in [0.4, 0.5) is 10.2 Å². The summed E-state index contributed by atoms with van der Waals surface area (Å²) in [6.45, 7) is 4.17. The van der Waals surface area contributed by atoms with E-state index in [4.69, 9.17) is 0 Å². The van der Waals surface area contributed by atoms with Gasteiger partial charge in [-0.15, -0.1) is 0 Å². The number of aromatic nitrogens is 2. The molecular formula is C22H22FN3O. The molecule has 0 aliphatic heterocycles. The topological polar surface area (TPSA) is 54.9 Å². The summed E-state index contributed by atoms with van der Waals surface area (Å²) >= 11 is 0. The number of halogens is 1. The van der Waals surface area contributed by atoms with Crippen LogP contribution < -0.4 is 5.32 Å². The molecule has 0 fully saturated rings. The molecule has 27 heavy (non-hydrogen) atoms. The zero-order valence-electron chi connectivity index (χ0n) is 15.4. The third-order valence-corrected chi connectivity index (χ3v) is 4.05. The Hall–Kier alpha value is -3.08. The zero-order chi connectivity index (χ0) is 19.2. The quantitative estimate of drug-likeness (QED) is 0.693. The third-order valence-electron chi connectivity index (χ3n) is 4.05. The van der Waals surface area contributed by atoms with E-state index < -0.39 is 0 Å². The molecule has 5 heteroatoms. The number of amides is 1. The summed E-state index contributed by atoms with van der Waals surface area (Å²) in [7, 11) is 0. The van der Waals surface area contributed by atoms with Gasteiger partial charge in [-0.05, 0) is 42.2 Å². The van der Waals surface area contributed by atoms with Crippen LogP contribution in [0.15, 0.2) is 60.8 Å². The summed E-state index contributed by atoms with van der Waals surface area (Å²) in [4.78, 5) is 21.5. The first-order valence-corrected chi connectivity index (χ1v) is 8.97. The lowest BCUT2D eigenvalue weighted by molar-refractivity contribution is -0.115. The largest absolute Gasteiger partial charge is 0.309 e. The molecule has 0 radical (unpaired) electrons. The van der Waals surface area contributed by atoms with Gasteiger partial charge in [0.05, 0.1) is 24.0 Å². The van der Waals surface area contributed by atoms with Gasteiger partial charge in [0.25, 0.3) is 0 Å². The standard InChI is InChI=1S/C22H22FN3O/c1-15(2)12-19-22(26-21(27)13-16-6-4-3-5-7-16)24-14-20(25-19)17-8-10-18(23)11-9-17/h3-11,14-15H,12-13H2,1-2H3,(H,24,26,27). The number of anilines is 1. The molecule has 2 aromatic carbocycles. The van der Waals surface area contributed by atoms with Crippen molar-refractivity contribution in [2.24, 2.45) is 5.92 Å². The second-order valence-corrected chi connectivity index (χ2v) is 6.87. The van der Waals surface area contributed by atoms with Crippen molar-refractivity contribution in [3.8, 4) is 11.3 Å². The molecule has 0 spiro atoms. The fourth-order valence-electron chi connectivity index (χ4n) is 2.78. The highest BCUT2D eigenvalue weighted by Gasteiger charge is 2.14. The lowest BCUT2D eigenvalue weighted by Crippen LogP contribution is -2.18. The summed E-state index contributed by atoms with van der Waals surface area (Å²) in [5, 5.41) is 2.88. The van der Waals surface area contributed by atoms with Gasteiger partial charge in [-0.25, -0.2) is 14.4 Å². The zero-order valence-corrected chi connectivity index (χ0v) is 15.4. The molecule has 0 bridgehead atoms. The summed E-state index contributed by atoms with van der Waals surface area (Å²) in [5.74, 6) is 0.414. The van der Waals surface area contributed by atoms with Crippen molar-refractivity contribution in [2.75, 3.05) is 5.32 Å². The Kier molecular flexibility index (Phi) is 5.91. The number of hydrogen-bond donors (Lipinski definition) is 1. The molecule has 3 rings (SSSR count). The van der Waals surface area contributed by atoms with Gasteiger partial charge in [-0.1, -0.05) is 44.2 Å². The van der Waals surface area contributed by atoms with Crippen molar-refractivity contribution >= 4 is 11.7 Å². The molecule has 0 saturated carbocycles. The van der Waals surface area contributed by atoms with Gasteiger partial charge in [0.1, 0.15) is 5.82 Å². The van der Waals surface area contributed by atoms with Crippen LogP contribution >= 0.6 is 0 Å². The second kappa shape index (κ2) is 8.54. The van der Waals surface area contributed by atoms with E-state index in [2.05, 4.69) is 29.1 Å². The van der Waals surface area contributed by atoms with Gasteiger partial charge < -0.3 is 5.32 Å². The fraction of sp³-hybridized carbons (Fsp3) is 0.227. The van der Waals surface area contributed by atoms with Crippen LogP contribution in [-0.4, -0.2) is 15.9 Å². The van der Waals surface area contributed by atoms with E-state index in [1.165, 1.54) is 12.1 Å². The van der Waals surface area contributed by atoms with E-state index in [-0.39, 0.29) is 18.1 Å². The van der Waals surface area contributed by atoms with Crippen molar-refractivity contribution in [1.82, 2.24) is 9.97 Å². The van der Waals surface area contributed by atoms with Gasteiger partial charge in [-0.3, -0.25) is 4.79 Å². The predicted octanol–water partition coefficient (Wildman–Crippen LogP) is 4.66. The van der Waals surface area contributed by atoms with Crippen LogP contribution in [-0.2, 0) is 17.6 Å². The molecular weight excluding hydrogens is 341 g/mol. The minimum atomic E-state index is -0.293. The fourth-order valence-corrected chi connectivity index (χ4v) is 2.78. The second-order valence-electron chi connectivity index (χ2n) is 6.87. The average Bonchev–Trinajstić information content (AvgIpc) is 2.64. The molecule has 0 aliphatic carbocycles. The van der Waals surface area contributed by atoms with E-state index in [0.717, 1.165) is 16.8 Å². The van der Waals surface area contributed by atoms with E-state index in [9.17, 15) is 9.18 Å². The highest BCUT2D eigenvalue weighted by Crippen LogP contribution is 2.22. The number of nitrogens with one attached hydrogen (secondary N) is 1. The van der Waals surface area contributed by atoms with Crippen LogP contribution in [0.5, 0.6) is 0 Å². The Balaban J connectivity index is 1.83. The number of rotatable bonds is 6. The minimum Gasteiger partial charge on any atom is -0.309 e. The normalized spacial score (nSPS) is 10.8. The molecule has 0 atom stereocenters. The number of hydrogen-bond acceptors (Lipinski definition) is 3. The lowest BCUT2D eigenvalue weighted by Gasteiger charge is -2.13. The Morgan fingerprint density at radius 1 is 1.07 bits per heavy atom. The van der Waals surface area contributed by atoms with Crippen LogP contribution in [0, 0.1) is 11.7 Å². The molecule has 0 aliphatic rings. The molecule has 0 unspecified atom stereocenters. The van der Waals surface area contributed by atoms with Crippen molar-refractivity contribution < 1.29 is 9.18 Å². The molecule has 1 N–H and O–H groups in total. The summed E-state index contributed by atoms with van der Waals surface area (Å²) < 4.78 is 13.2.